The van der Waals surface area contributed by atoms with E-state index in [2.05, 4.69) is 32.3 Å². The number of carbonyl (C=O) groups excluding carboxylic acids is 2. The van der Waals surface area contributed by atoms with E-state index in [4.69, 9.17) is 4.74 Å². The number of amides is 3. The molecule has 1 aliphatic carbocycles. The molecule has 0 radical (unpaired) electrons. The Morgan fingerprint density at radius 2 is 1.90 bits per heavy atom. The predicted octanol–water partition coefficient (Wildman–Crippen LogP) is 3.64. The quantitative estimate of drug-likeness (QED) is 0.678. The average molecular weight is 432 g/mol. The normalized spacial score (nSPS) is 19.7. The lowest BCUT2D eigenvalue weighted by molar-refractivity contribution is -0.119. The second-order valence-electron chi connectivity index (χ2n) is 7.56. The van der Waals surface area contributed by atoms with Crippen molar-refractivity contribution >= 4 is 23.7 Å². The molecule has 1 aromatic carbocycles. The van der Waals surface area contributed by atoms with Gasteiger partial charge in [-0.1, -0.05) is 31.5 Å². The molecule has 1 saturated carbocycles. The molecule has 30 heavy (non-hydrogen) atoms. The zero-order chi connectivity index (χ0) is 21.7. The molecule has 1 fully saturated rings. The van der Waals surface area contributed by atoms with Crippen LogP contribution < -0.4 is 15.4 Å². The summed E-state index contributed by atoms with van der Waals surface area (Å²) in [7, 11) is 3.11. The standard InChI is InChI=1S/C21H29N5O3S/c1-13-7-5-6-8-17(13)26-18(15-9-11-16(29-4)12-10-15)24-25-21(26)30-14(2)19(27)23-20(28)22-3/h9-14,17H,5-8H2,1-4H3,(H2,22,23,27,28)/t13-,14+,17-/m1/s1. The third-order valence-corrected chi connectivity index (χ3v) is 6.58. The largest absolute Gasteiger partial charge is 0.497 e. The lowest BCUT2D eigenvalue weighted by Gasteiger charge is -2.31. The maximum Gasteiger partial charge on any atom is 0.321 e. The van der Waals surface area contributed by atoms with Gasteiger partial charge in [0.05, 0.1) is 12.4 Å². The zero-order valence-corrected chi connectivity index (χ0v) is 18.7. The van der Waals surface area contributed by atoms with Crippen molar-refractivity contribution < 1.29 is 14.3 Å². The van der Waals surface area contributed by atoms with Crippen LogP contribution in [0.2, 0.25) is 0 Å². The third kappa shape index (κ3) is 4.95. The fourth-order valence-corrected chi connectivity index (χ4v) is 4.67. The number of hydrogen-bond donors (Lipinski definition) is 2. The smallest absolute Gasteiger partial charge is 0.321 e. The van der Waals surface area contributed by atoms with E-state index < -0.39 is 11.3 Å². The summed E-state index contributed by atoms with van der Waals surface area (Å²) in [6.07, 6.45) is 4.59. The molecule has 3 atom stereocenters. The van der Waals surface area contributed by atoms with E-state index in [1.54, 1.807) is 14.0 Å². The first kappa shape index (κ1) is 22.1. The van der Waals surface area contributed by atoms with E-state index in [1.165, 1.54) is 25.2 Å². The maximum absolute atomic E-state index is 12.4. The molecule has 3 rings (SSSR count). The van der Waals surface area contributed by atoms with Crippen LogP contribution in [0.3, 0.4) is 0 Å². The lowest BCUT2D eigenvalue weighted by atomic mass is 9.85. The molecular weight excluding hydrogens is 402 g/mol. The van der Waals surface area contributed by atoms with E-state index in [1.807, 2.05) is 24.3 Å². The third-order valence-electron chi connectivity index (χ3n) is 5.53. The summed E-state index contributed by atoms with van der Waals surface area (Å²) in [6, 6.07) is 7.51. The van der Waals surface area contributed by atoms with Crippen molar-refractivity contribution in [2.24, 2.45) is 5.92 Å². The average Bonchev–Trinajstić information content (AvgIpc) is 3.17. The van der Waals surface area contributed by atoms with Crippen LogP contribution in [0.15, 0.2) is 29.4 Å². The summed E-state index contributed by atoms with van der Waals surface area (Å²) in [5.74, 6) is 1.69. The number of carbonyl (C=O) groups is 2. The number of nitrogens with zero attached hydrogens (tertiary/aromatic N) is 3. The van der Waals surface area contributed by atoms with Crippen molar-refractivity contribution in [2.45, 2.75) is 56.0 Å². The summed E-state index contributed by atoms with van der Waals surface area (Å²) in [4.78, 5) is 23.8. The van der Waals surface area contributed by atoms with Gasteiger partial charge in [0.2, 0.25) is 5.91 Å². The van der Waals surface area contributed by atoms with Gasteiger partial charge in [-0.3, -0.25) is 14.7 Å². The van der Waals surface area contributed by atoms with E-state index in [0.29, 0.717) is 11.1 Å². The Balaban J connectivity index is 1.93. The van der Waals surface area contributed by atoms with Crippen LogP contribution >= 0.6 is 11.8 Å². The Morgan fingerprint density at radius 3 is 2.53 bits per heavy atom. The number of aromatic nitrogens is 3. The van der Waals surface area contributed by atoms with Gasteiger partial charge in [-0.15, -0.1) is 10.2 Å². The summed E-state index contributed by atoms with van der Waals surface area (Å²) in [5, 5.41) is 13.8. The Hall–Kier alpha value is -2.55. The van der Waals surface area contributed by atoms with Gasteiger partial charge in [0, 0.05) is 18.7 Å². The van der Waals surface area contributed by atoms with E-state index in [-0.39, 0.29) is 11.9 Å². The van der Waals surface area contributed by atoms with Crippen molar-refractivity contribution in [3.05, 3.63) is 24.3 Å². The zero-order valence-electron chi connectivity index (χ0n) is 17.8. The van der Waals surface area contributed by atoms with Crippen LogP contribution in [0.1, 0.15) is 45.6 Å². The lowest BCUT2D eigenvalue weighted by Crippen LogP contribution is -2.41. The van der Waals surface area contributed by atoms with Gasteiger partial charge in [-0.25, -0.2) is 4.79 Å². The van der Waals surface area contributed by atoms with Crippen LogP contribution in [-0.2, 0) is 4.79 Å². The maximum atomic E-state index is 12.4. The molecule has 0 unspecified atom stereocenters. The number of urea groups is 1. The van der Waals surface area contributed by atoms with Crippen molar-refractivity contribution in [2.75, 3.05) is 14.2 Å². The second-order valence-corrected chi connectivity index (χ2v) is 8.87. The first-order valence-corrected chi connectivity index (χ1v) is 11.1. The topological polar surface area (TPSA) is 98.1 Å². The minimum Gasteiger partial charge on any atom is -0.497 e. The summed E-state index contributed by atoms with van der Waals surface area (Å²) >= 11 is 1.32. The van der Waals surface area contributed by atoms with Gasteiger partial charge in [-0.05, 0) is 49.9 Å². The fourth-order valence-electron chi connectivity index (χ4n) is 3.76. The Bertz CT molecular complexity index is 883. The summed E-state index contributed by atoms with van der Waals surface area (Å²) in [5.41, 5.74) is 0.954. The van der Waals surface area contributed by atoms with Gasteiger partial charge in [-0.2, -0.15) is 0 Å². The van der Waals surface area contributed by atoms with Crippen molar-refractivity contribution in [1.29, 1.82) is 0 Å². The number of imide groups is 1. The highest BCUT2D eigenvalue weighted by Crippen LogP contribution is 2.39. The molecule has 162 valence electrons. The van der Waals surface area contributed by atoms with Crippen LogP contribution in [0.5, 0.6) is 5.75 Å². The Labute approximate surface area is 181 Å². The van der Waals surface area contributed by atoms with Gasteiger partial charge in [0.15, 0.2) is 11.0 Å². The number of rotatable bonds is 6. The molecule has 1 heterocycles. The molecule has 0 aliphatic heterocycles. The molecule has 8 nitrogen and oxygen atoms in total. The van der Waals surface area contributed by atoms with Crippen molar-refractivity contribution in [3.8, 4) is 17.1 Å². The van der Waals surface area contributed by atoms with E-state index in [9.17, 15) is 9.59 Å². The van der Waals surface area contributed by atoms with Crippen LogP contribution in [0.4, 0.5) is 4.79 Å². The molecule has 0 bridgehead atoms. The SMILES string of the molecule is CNC(=O)NC(=O)[C@H](C)Sc1nnc(-c2ccc(OC)cc2)n1[C@@H]1CCCC[C@H]1C. The molecule has 0 spiro atoms. The summed E-state index contributed by atoms with van der Waals surface area (Å²) in [6.45, 7) is 4.02. The number of hydrogen-bond acceptors (Lipinski definition) is 6. The number of ether oxygens (including phenoxy) is 1. The fraction of sp³-hybridized carbons (Fsp3) is 0.524. The number of nitrogens with one attached hydrogen (secondary N) is 2. The first-order chi connectivity index (χ1) is 14.4. The van der Waals surface area contributed by atoms with Gasteiger partial charge >= 0.3 is 6.03 Å². The molecule has 2 N–H and O–H groups in total. The number of thioether (sulfide) groups is 1. The predicted molar refractivity (Wildman–Crippen MR) is 117 cm³/mol. The highest BCUT2D eigenvalue weighted by molar-refractivity contribution is 8.00. The van der Waals surface area contributed by atoms with E-state index >= 15 is 0 Å². The van der Waals surface area contributed by atoms with Crippen molar-refractivity contribution in [1.82, 2.24) is 25.4 Å². The highest BCUT2D eigenvalue weighted by atomic mass is 32.2. The first-order valence-electron chi connectivity index (χ1n) is 10.2. The van der Waals surface area contributed by atoms with Gasteiger partial charge < -0.3 is 10.1 Å². The van der Waals surface area contributed by atoms with Crippen LogP contribution in [-0.4, -0.2) is 46.1 Å². The van der Waals surface area contributed by atoms with Crippen LogP contribution in [0, 0.1) is 5.92 Å². The number of methoxy groups -OCH3 is 1. The van der Waals surface area contributed by atoms with Crippen molar-refractivity contribution in [3.63, 3.8) is 0 Å². The molecule has 1 aliphatic rings. The molecular formula is C21H29N5O3S. The number of benzene rings is 1. The molecule has 9 heteroatoms. The Morgan fingerprint density at radius 1 is 1.20 bits per heavy atom. The molecule has 0 saturated heterocycles. The second kappa shape index (κ2) is 9.97. The summed E-state index contributed by atoms with van der Waals surface area (Å²) < 4.78 is 7.45. The molecule has 1 aromatic heterocycles. The van der Waals surface area contributed by atoms with Gasteiger partial charge in [0.25, 0.3) is 0 Å². The highest BCUT2D eigenvalue weighted by Gasteiger charge is 2.30. The molecule has 3 amide bonds. The van der Waals surface area contributed by atoms with Crippen LogP contribution in [0.25, 0.3) is 11.4 Å². The monoisotopic (exact) mass is 431 g/mol. The van der Waals surface area contributed by atoms with Gasteiger partial charge in [0.1, 0.15) is 5.75 Å². The minimum atomic E-state index is -0.520. The molecule has 2 aromatic rings. The minimum absolute atomic E-state index is 0.266. The van der Waals surface area contributed by atoms with E-state index in [0.717, 1.165) is 36.4 Å². The Kier molecular flexibility index (Phi) is 7.36.